The molecule has 132 valence electrons. The highest BCUT2D eigenvalue weighted by Crippen LogP contribution is 2.15. The number of carbonyl (C=O) groups is 1. The highest BCUT2D eigenvalue weighted by Gasteiger charge is 2.08. The second-order valence-corrected chi connectivity index (χ2v) is 5.89. The van der Waals surface area contributed by atoms with E-state index in [4.69, 9.17) is 0 Å². The zero-order valence-corrected chi connectivity index (χ0v) is 14.4. The van der Waals surface area contributed by atoms with Crippen molar-refractivity contribution in [1.82, 2.24) is 9.97 Å². The monoisotopic (exact) mass is 350 g/mol. The minimum absolute atomic E-state index is 0.300. The van der Waals surface area contributed by atoms with Gasteiger partial charge in [0.2, 0.25) is 0 Å². The molecule has 26 heavy (non-hydrogen) atoms. The normalized spacial score (nSPS) is 10.4. The van der Waals surface area contributed by atoms with E-state index in [1.807, 2.05) is 30.1 Å². The fourth-order valence-electron chi connectivity index (χ4n) is 2.45. The van der Waals surface area contributed by atoms with Crippen molar-refractivity contribution in [3.05, 3.63) is 84.1 Å². The predicted molar refractivity (Wildman–Crippen MR) is 99.8 cm³/mol. The van der Waals surface area contributed by atoms with E-state index in [-0.39, 0.29) is 11.7 Å². The van der Waals surface area contributed by atoms with Crippen LogP contribution in [0.5, 0.6) is 0 Å². The molecule has 0 atom stereocenters. The fraction of sp³-hybridized carbons (Fsp3) is 0.150. The molecule has 0 fully saturated rings. The molecule has 0 aliphatic heterocycles. The van der Waals surface area contributed by atoms with Crippen molar-refractivity contribution in [3.8, 4) is 0 Å². The van der Waals surface area contributed by atoms with Crippen LogP contribution < -0.4 is 10.2 Å². The number of carbonyl (C=O) groups excluding carboxylic acids is 1. The average molecular weight is 350 g/mol. The van der Waals surface area contributed by atoms with Crippen molar-refractivity contribution < 1.29 is 9.18 Å². The van der Waals surface area contributed by atoms with Crippen molar-refractivity contribution in [2.45, 2.75) is 6.42 Å². The Bertz CT molecular complexity index is 851. The Labute approximate surface area is 151 Å². The van der Waals surface area contributed by atoms with Crippen LogP contribution in [-0.2, 0) is 6.42 Å². The Morgan fingerprint density at radius 3 is 2.46 bits per heavy atom. The van der Waals surface area contributed by atoms with Crippen molar-refractivity contribution in [2.24, 2.45) is 0 Å². The van der Waals surface area contributed by atoms with Crippen LogP contribution in [0.4, 0.5) is 15.9 Å². The molecule has 0 radical (unpaired) electrons. The number of aromatic nitrogens is 2. The van der Waals surface area contributed by atoms with E-state index in [9.17, 15) is 9.18 Å². The van der Waals surface area contributed by atoms with Gasteiger partial charge in [-0.1, -0.05) is 0 Å². The van der Waals surface area contributed by atoms with Crippen LogP contribution in [0.15, 0.2) is 67.1 Å². The summed E-state index contributed by atoms with van der Waals surface area (Å²) in [5.74, 6) is 0.145. The number of rotatable bonds is 6. The predicted octanol–water partition coefficient (Wildman–Crippen LogP) is 3.55. The molecule has 6 heteroatoms. The van der Waals surface area contributed by atoms with Gasteiger partial charge in [-0.3, -0.25) is 9.78 Å². The minimum atomic E-state index is -0.373. The molecule has 3 aromatic rings. The number of pyridine rings is 2. The Hall–Kier alpha value is -3.28. The highest BCUT2D eigenvalue weighted by atomic mass is 19.1. The maximum Gasteiger partial charge on any atom is 0.255 e. The fourth-order valence-corrected chi connectivity index (χ4v) is 2.45. The third-order valence-electron chi connectivity index (χ3n) is 3.99. The molecule has 0 saturated heterocycles. The topological polar surface area (TPSA) is 58.1 Å². The summed E-state index contributed by atoms with van der Waals surface area (Å²) in [6.07, 6.45) is 6.07. The van der Waals surface area contributed by atoms with Crippen LogP contribution in [-0.4, -0.2) is 29.5 Å². The summed E-state index contributed by atoms with van der Waals surface area (Å²) in [4.78, 5) is 22.6. The minimum Gasteiger partial charge on any atom is -0.359 e. The van der Waals surface area contributed by atoms with Crippen LogP contribution in [0.1, 0.15) is 15.9 Å². The van der Waals surface area contributed by atoms with Gasteiger partial charge in [-0.2, -0.15) is 0 Å². The Kier molecular flexibility index (Phi) is 5.53. The number of amides is 1. The molecule has 2 heterocycles. The Morgan fingerprint density at radius 1 is 1.08 bits per heavy atom. The van der Waals surface area contributed by atoms with E-state index in [1.54, 1.807) is 24.7 Å². The zero-order chi connectivity index (χ0) is 18.4. The highest BCUT2D eigenvalue weighted by molar-refractivity contribution is 6.04. The number of nitrogens with zero attached hydrogens (tertiary/aromatic N) is 3. The van der Waals surface area contributed by atoms with Crippen LogP contribution >= 0.6 is 0 Å². The van der Waals surface area contributed by atoms with Gasteiger partial charge in [0.15, 0.2) is 0 Å². The third kappa shape index (κ3) is 4.63. The second kappa shape index (κ2) is 8.20. The number of benzene rings is 1. The lowest BCUT2D eigenvalue weighted by Crippen LogP contribution is -2.21. The quantitative estimate of drug-likeness (QED) is 0.739. The number of hydrogen-bond acceptors (Lipinski definition) is 4. The number of likely N-dealkylation sites (N-methyl/N-ethyl adjacent to an activating group) is 1. The second-order valence-electron chi connectivity index (χ2n) is 5.89. The third-order valence-corrected chi connectivity index (χ3v) is 3.99. The first-order valence-corrected chi connectivity index (χ1v) is 8.25. The van der Waals surface area contributed by atoms with Crippen LogP contribution in [0, 0.1) is 5.82 Å². The summed E-state index contributed by atoms with van der Waals surface area (Å²) in [6, 6.07) is 13.0. The first-order chi connectivity index (χ1) is 12.6. The molecule has 0 unspecified atom stereocenters. The molecule has 1 N–H and O–H groups in total. The van der Waals surface area contributed by atoms with E-state index < -0.39 is 0 Å². The summed E-state index contributed by atoms with van der Waals surface area (Å²) < 4.78 is 12.9. The molecule has 1 amide bonds. The van der Waals surface area contributed by atoms with Gasteiger partial charge in [0.25, 0.3) is 5.91 Å². The largest absolute Gasteiger partial charge is 0.359 e. The maximum atomic E-state index is 12.9. The van der Waals surface area contributed by atoms with Crippen LogP contribution in [0.25, 0.3) is 0 Å². The van der Waals surface area contributed by atoms with E-state index in [0.717, 1.165) is 18.8 Å². The first-order valence-electron chi connectivity index (χ1n) is 8.25. The van der Waals surface area contributed by atoms with Crippen LogP contribution in [0.3, 0.4) is 0 Å². The first kappa shape index (κ1) is 17.5. The standard InChI is InChI=1S/C20H19FN4O/c1-25(13-10-15-8-11-22-12-9-15)19-7-6-18(14-23-19)24-20(26)16-2-4-17(21)5-3-16/h2-9,11-12,14H,10,13H2,1H3,(H,24,26). The molecular weight excluding hydrogens is 331 g/mol. The Balaban J connectivity index is 1.57. The van der Waals surface area contributed by atoms with Gasteiger partial charge in [0, 0.05) is 31.5 Å². The summed E-state index contributed by atoms with van der Waals surface area (Å²) in [7, 11) is 1.97. The van der Waals surface area contributed by atoms with Crippen molar-refractivity contribution in [1.29, 1.82) is 0 Å². The van der Waals surface area contributed by atoms with Crippen molar-refractivity contribution in [2.75, 3.05) is 23.8 Å². The van der Waals surface area contributed by atoms with Gasteiger partial charge in [-0.15, -0.1) is 0 Å². The van der Waals surface area contributed by atoms with Gasteiger partial charge in [0.1, 0.15) is 11.6 Å². The van der Waals surface area contributed by atoms with E-state index in [0.29, 0.717) is 11.3 Å². The zero-order valence-electron chi connectivity index (χ0n) is 14.4. The average Bonchev–Trinajstić information content (AvgIpc) is 2.68. The van der Waals surface area contributed by atoms with Gasteiger partial charge in [0.05, 0.1) is 11.9 Å². The van der Waals surface area contributed by atoms with E-state index >= 15 is 0 Å². The summed E-state index contributed by atoms with van der Waals surface area (Å²) in [5, 5.41) is 2.75. The molecule has 3 rings (SSSR count). The number of halogens is 1. The smallest absolute Gasteiger partial charge is 0.255 e. The van der Waals surface area contributed by atoms with E-state index in [2.05, 4.69) is 15.3 Å². The Morgan fingerprint density at radius 2 is 1.81 bits per heavy atom. The van der Waals surface area contributed by atoms with E-state index in [1.165, 1.54) is 29.8 Å². The molecule has 0 saturated carbocycles. The molecule has 1 aromatic carbocycles. The van der Waals surface area contributed by atoms with Crippen molar-refractivity contribution in [3.63, 3.8) is 0 Å². The summed E-state index contributed by atoms with van der Waals surface area (Å²) in [5.41, 5.74) is 2.20. The lowest BCUT2D eigenvalue weighted by Gasteiger charge is -2.18. The lowest BCUT2D eigenvalue weighted by molar-refractivity contribution is 0.102. The summed E-state index contributed by atoms with van der Waals surface area (Å²) in [6.45, 7) is 0.818. The molecule has 0 aliphatic rings. The van der Waals surface area contributed by atoms with Crippen LogP contribution in [0.2, 0.25) is 0 Å². The molecular formula is C20H19FN4O. The molecule has 5 nitrogen and oxygen atoms in total. The number of anilines is 2. The molecule has 0 aliphatic carbocycles. The molecule has 0 bridgehead atoms. The van der Waals surface area contributed by atoms with Crippen molar-refractivity contribution >= 4 is 17.4 Å². The van der Waals surface area contributed by atoms with Gasteiger partial charge in [-0.05, 0) is 60.5 Å². The van der Waals surface area contributed by atoms with Gasteiger partial charge >= 0.3 is 0 Å². The summed E-state index contributed by atoms with van der Waals surface area (Å²) >= 11 is 0. The number of hydrogen-bond donors (Lipinski definition) is 1. The SMILES string of the molecule is CN(CCc1ccncc1)c1ccc(NC(=O)c2ccc(F)cc2)cn1. The molecule has 2 aromatic heterocycles. The van der Waals surface area contributed by atoms with Gasteiger partial charge < -0.3 is 10.2 Å². The lowest BCUT2D eigenvalue weighted by atomic mass is 10.2. The van der Waals surface area contributed by atoms with Gasteiger partial charge in [-0.25, -0.2) is 9.37 Å². The molecule has 0 spiro atoms. The maximum absolute atomic E-state index is 12.9. The number of nitrogens with one attached hydrogen (secondary N) is 1.